The van der Waals surface area contributed by atoms with E-state index >= 15 is 0 Å². The topological polar surface area (TPSA) is 18.5 Å². The van der Waals surface area contributed by atoms with E-state index in [2.05, 4.69) is 6.30 Å². The monoisotopic (exact) mass is 135 g/mol. The molecular weight excluding hydrogens is 123 g/mol. The third-order valence-corrected chi connectivity index (χ3v) is 1.64. The Kier molecular flexibility index (Phi) is 5.29. The molecule has 0 aromatic rings. The molecular formula is C5H12O2P+. The van der Waals surface area contributed by atoms with Gasteiger partial charge in [0.2, 0.25) is 0 Å². The van der Waals surface area contributed by atoms with E-state index in [1.54, 1.807) is 0 Å². The zero-order valence-electron chi connectivity index (χ0n) is 5.39. The highest BCUT2D eigenvalue weighted by Gasteiger charge is 2.03. The first kappa shape index (κ1) is 8.09. The Labute approximate surface area is 51.4 Å². The molecule has 0 aromatic carbocycles. The highest BCUT2D eigenvalue weighted by molar-refractivity contribution is 7.45. The van der Waals surface area contributed by atoms with Gasteiger partial charge in [-0.2, -0.15) is 9.05 Å². The smallest absolute Gasteiger partial charge is 0.153 e. The molecule has 0 atom stereocenters. The Morgan fingerprint density at radius 3 is 1.88 bits per heavy atom. The molecule has 2 nitrogen and oxygen atoms in total. The van der Waals surface area contributed by atoms with E-state index in [-0.39, 0.29) is 0 Å². The van der Waals surface area contributed by atoms with Gasteiger partial charge in [-0.1, -0.05) is 0 Å². The molecule has 0 fully saturated rings. The number of hydrogen-bond donors (Lipinski definition) is 0. The van der Waals surface area contributed by atoms with Crippen molar-refractivity contribution in [2.75, 3.05) is 13.2 Å². The quantitative estimate of drug-likeness (QED) is 0.547. The van der Waals surface area contributed by atoms with Crippen LogP contribution in [0.5, 0.6) is 0 Å². The molecule has 0 aliphatic carbocycles. The molecule has 0 rings (SSSR count). The predicted octanol–water partition coefficient (Wildman–Crippen LogP) is 1.80. The molecule has 0 N–H and O–H groups in total. The Morgan fingerprint density at radius 2 is 1.62 bits per heavy atom. The van der Waals surface area contributed by atoms with Crippen molar-refractivity contribution in [3.63, 3.8) is 0 Å². The van der Waals surface area contributed by atoms with Crippen molar-refractivity contribution in [3.05, 3.63) is 0 Å². The molecule has 0 bridgehead atoms. The third kappa shape index (κ3) is 4.25. The summed E-state index contributed by atoms with van der Waals surface area (Å²) in [6.45, 7) is 5.24. The normalized spacial score (nSPS) is 9.25. The molecule has 8 heavy (non-hydrogen) atoms. The van der Waals surface area contributed by atoms with Crippen LogP contribution >= 0.6 is 8.00 Å². The van der Waals surface area contributed by atoms with Crippen molar-refractivity contribution in [2.24, 2.45) is 0 Å². The van der Waals surface area contributed by atoms with E-state index < -0.39 is 8.00 Å². The van der Waals surface area contributed by atoms with Crippen molar-refractivity contribution in [1.82, 2.24) is 0 Å². The lowest BCUT2D eigenvalue weighted by Crippen LogP contribution is -1.82. The number of rotatable bonds is 4. The van der Waals surface area contributed by atoms with Crippen LogP contribution in [0.1, 0.15) is 13.8 Å². The predicted molar refractivity (Wildman–Crippen MR) is 37.3 cm³/mol. The van der Waals surface area contributed by atoms with E-state index in [1.807, 2.05) is 13.8 Å². The fourth-order valence-corrected chi connectivity index (χ4v) is 0.976. The fourth-order valence-electron chi connectivity index (χ4n) is 0.325. The molecule has 0 unspecified atom stereocenters. The Hall–Kier alpha value is 0.0900. The van der Waals surface area contributed by atoms with E-state index in [9.17, 15) is 0 Å². The van der Waals surface area contributed by atoms with Crippen LogP contribution in [-0.4, -0.2) is 19.5 Å². The zero-order valence-corrected chi connectivity index (χ0v) is 6.28. The van der Waals surface area contributed by atoms with Gasteiger partial charge in [0, 0.05) is 0 Å². The second-order valence-electron chi connectivity index (χ2n) is 1.17. The van der Waals surface area contributed by atoms with Crippen molar-refractivity contribution in [1.29, 1.82) is 0 Å². The molecule has 0 radical (unpaired) electrons. The van der Waals surface area contributed by atoms with Crippen LogP contribution in [0.2, 0.25) is 0 Å². The first-order valence-corrected chi connectivity index (χ1v) is 4.04. The van der Waals surface area contributed by atoms with Crippen LogP contribution in [-0.2, 0) is 9.05 Å². The summed E-state index contributed by atoms with van der Waals surface area (Å²) in [4.78, 5) is 0. The first-order valence-electron chi connectivity index (χ1n) is 2.67. The molecule has 3 heteroatoms. The zero-order chi connectivity index (χ0) is 6.41. The SMILES string of the molecule is C=[P+](OCC)OCC. The van der Waals surface area contributed by atoms with Crippen molar-refractivity contribution < 1.29 is 9.05 Å². The highest BCUT2D eigenvalue weighted by atomic mass is 31.1. The van der Waals surface area contributed by atoms with Crippen LogP contribution in [0.4, 0.5) is 0 Å². The average molecular weight is 135 g/mol. The summed E-state index contributed by atoms with van der Waals surface area (Å²) < 4.78 is 10.0. The molecule has 48 valence electrons. The lowest BCUT2D eigenvalue weighted by atomic mass is 10.9. The van der Waals surface area contributed by atoms with Crippen LogP contribution in [0.25, 0.3) is 0 Å². The summed E-state index contributed by atoms with van der Waals surface area (Å²) in [5.74, 6) is 0. The van der Waals surface area contributed by atoms with Crippen molar-refractivity contribution in [3.8, 4) is 0 Å². The van der Waals surface area contributed by atoms with Crippen LogP contribution in [0.15, 0.2) is 0 Å². The summed E-state index contributed by atoms with van der Waals surface area (Å²) in [6, 6.07) is 0. The largest absolute Gasteiger partial charge is 0.423 e. The fraction of sp³-hybridized carbons (Fsp3) is 0.800. The van der Waals surface area contributed by atoms with E-state index in [1.165, 1.54) is 0 Å². The van der Waals surface area contributed by atoms with Crippen molar-refractivity contribution >= 4 is 14.3 Å². The Morgan fingerprint density at radius 1 is 1.25 bits per heavy atom. The molecule has 0 saturated heterocycles. The number of hydrogen-bond acceptors (Lipinski definition) is 2. The van der Waals surface area contributed by atoms with Crippen LogP contribution < -0.4 is 0 Å². The van der Waals surface area contributed by atoms with Gasteiger partial charge in [-0.3, -0.25) is 0 Å². The minimum Gasteiger partial charge on any atom is -0.153 e. The Bertz CT molecular complexity index is 64.8. The molecule has 0 aromatic heterocycles. The van der Waals surface area contributed by atoms with Gasteiger partial charge in [-0.05, 0) is 13.8 Å². The lowest BCUT2D eigenvalue weighted by molar-refractivity contribution is 0.284. The Balaban J connectivity index is 3.06. The average Bonchev–Trinajstić information content (AvgIpc) is 1.68. The van der Waals surface area contributed by atoms with Crippen LogP contribution in [0.3, 0.4) is 0 Å². The maximum Gasteiger partial charge on any atom is 0.423 e. The van der Waals surface area contributed by atoms with Gasteiger partial charge in [-0.25, -0.2) is 0 Å². The van der Waals surface area contributed by atoms with Crippen molar-refractivity contribution in [2.45, 2.75) is 13.8 Å². The minimum absolute atomic E-state index is 0.690. The standard InChI is InChI=1S/C5H12O2P/c1-4-6-8(3)7-5-2/h3-5H2,1-2H3/q+1. The van der Waals surface area contributed by atoms with Gasteiger partial charge in [-0.15, -0.1) is 0 Å². The van der Waals surface area contributed by atoms with E-state index in [4.69, 9.17) is 9.05 Å². The summed E-state index contributed by atoms with van der Waals surface area (Å²) in [7, 11) is -0.831. The molecule has 0 amide bonds. The minimum atomic E-state index is -0.831. The van der Waals surface area contributed by atoms with Gasteiger partial charge in [0.05, 0.1) is 13.2 Å². The van der Waals surface area contributed by atoms with Gasteiger partial charge in [0.25, 0.3) is 0 Å². The van der Waals surface area contributed by atoms with E-state index in [0.717, 1.165) is 0 Å². The van der Waals surface area contributed by atoms with Gasteiger partial charge >= 0.3 is 8.00 Å². The third-order valence-electron chi connectivity index (χ3n) is 0.546. The summed E-state index contributed by atoms with van der Waals surface area (Å²) >= 11 is 0. The molecule has 0 aliphatic rings. The second-order valence-corrected chi connectivity index (χ2v) is 2.35. The first-order chi connectivity index (χ1) is 3.81. The molecule has 0 aliphatic heterocycles. The summed E-state index contributed by atoms with van der Waals surface area (Å²) in [6.07, 6.45) is 3.64. The van der Waals surface area contributed by atoms with Gasteiger partial charge < -0.3 is 0 Å². The lowest BCUT2D eigenvalue weighted by Gasteiger charge is -1.85. The summed E-state index contributed by atoms with van der Waals surface area (Å²) in [5, 5.41) is 0. The van der Waals surface area contributed by atoms with Gasteiger partial charge in [0.1, 0.15) is 6.30 Å². The van der Waals surface area contributed by atoms with E-state index in [0.29, 0.717) is 13.2 Å². The summed E-state index contributed by atoms with van der Waals surface area (Å²) in [5.41, 5.74) is 0. The molecule has 0 spiro atoms. The van der Waals surface area contributed by atoms with Crippen LogP contribution in [0, 0.1) is 0 Å². The highest BCUT2D eigenvalue weighted by Crippen LogP contribution is 2.21. The molecule has 0 saturated carbocycles. The van der Waals surface area contributed by atoms with Gasteiger partial charge in [0.15, 0.2) is 0 Å². The molecule has 0 heterocycles. The maximum absolute atomic E-state index is 5.01. The second kappa shape index (κ2) is 5.23. The maximum atomic E-state index is 5.01.